The number of ether oxygens (including phenoxy) is 1. The molecule has 0 atom stereocenters. The molecular formula is C13H19N3O2. The van der Waals surface area contributed by atoms with Gasteiger partial charge in [-0.05, 0) is 24.8 Å². The van der Waals surface area contributed by atoms with Gasteiger partial charge >= 0.3 is 5.97 Å². The first-order valence-electron chi connectivity index (χ1n) is 6.28. The van der Waals surface area contributed by atoms with Gasteiger partial charge in [0.1, 0.15) is 11.4 Å². The van der Waals surface area contributed by atoms with Gasteiger partial charge in [0.2, 0.25) is 0 Å². The smallest absolute Gasteiger partial charge is 0.341 e. The highest BCUT2D eigenvalue weighted by molar-refractivity contribution is 5.95. The van der Waals surface area contributed by atoms with Crippen molar-refractivity contribution in [3.63, 3.8) is 0 Å². The molecule has 0 aromatic carbocycles. The van der Waals surface area contributed by atoms with Gasteiger partial charge in [-0.1, -0.05) is 12.8 Å². The number of nitrogens with one attached hydrogen (secondary N) is 1. The second-order valence-electron chi connectivity index (χ2n) is 4.69. The van der Waals surface area contributed by atoms with Crippen LogP contribution < -0.4 is 11.1 Å². The zero-order valence-electron chi connectivity index (χ0n) is 10.6. The molecule has 2 rings (SSSR count). The highest BCUT2D eigenvalue weighted by atomic mass is 16.5. The minimum Gasteiger partial charge on any atom is -0.465 e. The Balaban J connectivity index is 2.08. The topological polar surface area (TPSA) is 77.2 Å². The van der Waals surface area contributed by atoms with Crippen molar-refractivity contribution in [3.05, 3.63) is 17.8 Å². The molecule has 0 aliphatic heterocycles. The number of hydrogen-bond acceptors (Lipinski definition) is 5. The molecule has 18 heavy (non-hydrogen) atoms. The third-order valence-electron chi connectivity index (χ3n) is 3.35. The maximum atomic E-state index is 11.6. The fraction of sp³-hybridized carbons (Fsp3) is 0.538. The van der Waals surface area contributed by atoms with E-state index in [1.807, 2.05) is 0 Å². The van der Waals surface area contributed by atoms with Crippen LogP contribution in [0.15, 0.2) is 12.3 Å². The number of nitrogens with zero attached hydrogens (tertiary/aromatic N) is 1. The Morgan fingerprint density at radius 1 is 1.56 bits per heavy atom. The van der Waals surface area contributed by atoms with Crippen LogP contribution in [0.2, 0.25) is 0 Å². The van der Waals surface area contributed by atoms with E-state index >= 15 is 0 Å². The first kappa shape index (κ1) is 12.7. The Morgan fingerprint density at radius 2 is 2.28 bits per heavy atom. The number of methoxy groups -OCH3 is 1. The lowest BCUT2D eigenvalue weighted by atomic mass is 10.1. The molecule has 0 saturated heterocycles. The number of carbonyl (C=O) groups excluding carboxylic acids is 1. The Hall–Kier alpha value is -1.78. The number of nitrogen functional groups attached to an aromatic ring is 1. The van der Waals surface area contributed by atoms with Crippen LogP contribution in [0.5, 0.6) is 0 Å². The Labute approximate surface area is 107 Å². The molecule has 1 aromatic heterocycles. The van der Waals surface area contributed by atoms with Gasteiger partial charge < -0.3 is 15.8 Å². The van der Waals surface area contributed by atoms with Gasteiger partial charge in [0.05, 0.1) is 19.0 Å². The molecule has 0 unspecified atom stereocenters. The lowest BCUT2D eigenvalue weighted by Crippen LogP contribution is -2.16. The van der Waals surface area contributed by atoms with Crippen molar-refractivity contribution in [1.82, 2.24) is 4.98 Å². The zero-order valence-corrected chi connectivity index (χ0v) is 10.6. The summed E-state index contributed by atoms with van der Waals surface area (Å²) in [5.41, 5.74) is 6.50. The van der Waals surface area contributed by atoms with Crippen LogP contribution >= 0.6 is 0 Å². The number of anilines is 2. The molecule has 0 amide bonds. The van der Waals surface area contributed by atoms with Gasteiger partial charge in [-0.25, -0.2) is 9.78 Å². The molecule has 1 aliphatic carbocycles. The molecule has 1 heterocycles. The maximum Gasteiger partial charge on any atom is 0.341 e. The van der Waals surface area contributed by atoms with E-state index in [1.54, 1.807) is 12.3 Å². The van der Waals surface area contributed by atoms with E-state index in [4.69, 9.17) is 10.5 Å². The standard InChI is InChI=1S/C13H19N3O2/c1-18-13(17)11-6-10(14)8-16-12(11)15-7-9-4-2-3-5-9/h6,8-9H,2-5,7,14H2,1H3,(H,15,16). The number of nitrogens with two attached hydrogens (primary N) is 1. The number of esters is 1. The van der Waals surface area contributed by atoms with Crippen molar-refractivity contribution >= 4 is 17.5 Å². The second-order valence-corrected chi connectivity index (χ2v) is 4.69. The van der Waals surface area contributed by atoms with Gasteiger partial charge in [0.25, 0.3) is 0 Å². The number of hydrogen-bond donors (Lipinski definition) is 2. The minimum absolute atomic E-state index is 0.399. The Bertz CT molecular complexity index is 428. The van der Waals surface area contributed by atoms with Crippen LogP contribution in [-0.4, -0.2) is 24.6 Å². The van der Waals surface area contributed by atoms with E-state index in [0.717, 1.165) is 6.54 Å². The van der Waals surface area contributed by atoms with Crippen LogP contribution in [0.3, 0.4) is 0 Å². The summed E-state index contributed by atoms with van der Waals surface area (Å²) < 4.78 is 4.73. The van der Waals surface area contributed by atoms with Crippen molar-refractivity contribution in [2.24, 2.45) is 5.92 Å². The quantitative estimate of drug-likeness (QED) is 0.799. The van der Waals surface area contributed by atoms with E-state index in [-0.39, 0.29) is 0 Å². The minimum atomic E-state index is -0.413. The molecule has 3 N–H and O–H groups in total. The second kappa shape index (κ2) is 5.71. The van der Waals surface area contributed by atoms with Crippen LogP contribution in [-0.2, 0) is 4.74 Å². The van der Waals surface area contributed by atoms with Crippen molar-refractivity contribution in [3.8, 4) is 0 Å². The van der Waals surface area contributed by atoms with Crippen LogP contribution in [0.25, 0.3) is 0 Å². The molecule has 5 nitrogen and oxygen atoms in total. The third kappa shape index (κ3) is 2.91. The average Bonchev–Trinajstić information content (AvgIpc) is 2.89. The van der Waals surface area contributed by atoms with Gasteiger partial charge in [-0.3, -0.25) is 0 Å². The predicted octanol–water partition coefficient (Wildman–Crippen LogP) is 2.05. The van der Waals surface area contributed by atoms with Crippen molar-refractivity contribution in [1.29, 1.82) is 0 Å². The molecule has 0 bridgehead atoms. The van der Waals surface area contributed by atoms with Crippen LogP contribution in [0, 0.1) is 5.92 Å². The largest absolute Gasteiger partial charge is 0.465 e. The first-order chi connectivity index (χ1) is 8.70. The van der Waals surface area contributed by atoms with E-state index < -0.39 is 5.97 Å². The predicted molar refractivity (Wildman–Crippen MR) is 70.4 cm³/mol. The summed E-state index contributed by atoms with van der Waals surface area (Å²) in [6.07, 6.45) is 6.63. The number of aromatic nitrogens is 1. The first-order valence-corrected chi connectivity index (χ1v) is 6.28. The summed E-state index contributed by atoms with van der Waals surface area (Å²) in [5.74, 6) is 0.821. The monoisotopic (exact) mass is 249 g/mol. The lowest BCUT2D eigenvalue weighted by molar-refractivity contribution is 0.0601. The molecule has 1 aliphatic rings. The van der Waals surface area contributed by atoms with E-state index in [9.17, 15) is 4.79 Å². The molecule has 5 heteroatoms. The van der Waals surface area contributed by atoms with Gasteiger partial charge in [-0.15, -0.1) is 0 Å². The molecule has 1 saturated carbocycles. The molecule has 1 aromatic rings. The fourth-order valence-electron chi connectivity index (χ4n) is 2.34. The van der Waals surface area contributed by atoms with E-state index in [0.29, 0.717) is 23.0 Å². The molecular weight excluding hydrogens is 230 g/mol. The highest BCUT2D eigenvalue weighted by Gasteiger charge is 2.17. The Kier molecular flexibility index (Phi) is 4.02. The Morgan fingerprint density at radius 3 is 2.94 bits per heavy atom. The van der Waals surface area contributed by atoms with Crippen molar-refractivity contribution in [2.45, 2.75) is 25.7 Å². The number of rotatable bonds is 4. The zero-order chi connectivity index (χ0) is 13.0. The summed E-state index contributed by atoms with van der Waals surface area (Å²) in [6.45, 7) is 0.848. The number of pyridine rings is 1. The number of carbonyl (C=O) groups is 1. The SMILES string of the molecule is COC(=O)c1cc(N)cnc1NCC1CCCC1. The van der Waals surface area contributed by atoms with Crippen LogP contribution in [0.4, 0.5) is 11.5 Å². The summed E-state index contributed by atoms with van der Waals surface area (Å²) >= 11 is 0. The normalized spacial score (nSPS) is 15.6. The van der Waals surface area contributed by atoms with E-state index in [2.05, 4.69) is 10.3 Å². The van der Waals surface area contributed by atoms with Gasteiger partial charge in [0.15, 0.2) is 0 Å². The molecule has 0 spiro atoms. The maximum absolute atomic E-state index is 11.6. The third-order valence-corrected chi connectivity index (χ3v) is 3.35. The van der Waals surface area contributed by atoms with Gasteiger partial charge in [0, 0.05) is 6.54 Å². The summed E-state index contributed by atoms with van der Waals surface area (Å²) in [7, 11) is 1.35. The lowest BCUT2D eigenvalue weighted by Gasteiger charge is -2.13. The van der Waals surface area contributed by atoms with Gasteiger partial charge in [-0.2, -0.15) is 0 Å². The fourth-order valence-corrected chi connectivity index (χ4v) is 2.34. The molecule has 1 fully saturated rings. The van der Waals surface area contributed by atoms with Crippen LogP contribution in [0.1, 0.15) is 36.0 Å². The van der Waals surface area contributed by atoms with Crippen molar-refractivity contribution in [2.75, 3.05) is 24.7 Å². The summed E-state index contributed by atoms with van der Waals surface area (Å²) in [6, 6.07) is 1.59. The average molecular weight is 249 g/mol. The summed E-state index contributed by atoms with van der Waals surface area (Å²) in [4.78, 5) is 15.8. The highest BCUT2D eigenvalue weighted by Crippen LogP contribution is 2.25. The van der Waals surface area contributed by atoms with E-state index in [1.165, 1.54) is 32.8 Å². The molecule has 98 valence electrons. The molecule has 0 radical (unpaired) electrons. The summed E-state index contributed by atoms with van der Waals surface area (Å²) in [5, 5.41) is 3.23. The van der Waals surface area contributed by atoms with Crippen molar-refractivity contribution < 1.29 is 9.53 Å².